The van der Waals surface area contributed by atoms with Gasteiger partial charge in [-0.1, -0.05) is 18.2 Å². The molecule has 5 N–H and O–H groups in total. The molecular weight excluding hydrogens is 507 g/mol. The van der Waals surface area contributed by atoms with Gasteiger partial charge in [0.25, 0.3) is 0 Å². The van der Waals surface area contributed by atoms with E-state index in [4.69, 9.17) is 19.5 Å². The fourth-order valence-electron chi connectivity index (χ4n) is 3.90. The number of aliphatic hydroxyl groups excluding tert-OH is 2. The second-order valence-electron chi connectivity index (χ2n) is 8.17. The predicted molar refractivity (Wildman–Crippen MR) is 127 cm³/mol. The molecule has 37 heavy (non-hydrogen) atoms. The molecule has 1 fully saturated rings. The number of aromatic nitrogens is 3. The Balaban J connectivity index is 1.59. The second kappa shape index (κ2) is 10.4. The lowest BCUT2D eigenvalue weighted by Gasteiger charge is -2.25. The number of aliphatic hydroxyl groups is 2. The third kappa shape index (κ3) is 5.01. The maximum Gasteiger partial charge on any atom is 0.459 e. The summed E-state index contributed by atoms with van der Waals surface area (Å²) < 4.78 is 36.4. The third-order valence-corrected chi connectivity index (χ3v) is 7.41. The molecule has 1 aromatic carbocycles. The lowest BCUT2D eigenvalue weighted by Crippen LogP contribution is -2.41. The molecule has 3 heterocycles. The normalized spacial score (nSPS) is 25.8. The first-order valence-corrected chi connectivity index (χ1v) is 12.6. The fraction of sp³-hybridized carbons (Fsp3) is 0.364. The van der Waals surface area contributed by atoms with E-state index in [2.05, 4.69) is 19.9 Å². The number of para-hydroxylation sites is 1. The van der Waals surface area contributed by atoms with Crippen LogP contribution in [0.15, 0.2) is 48.8 Å². The number of anilines is 1. The van der Waals surface area contributed by atoms with Crippen molar-refractivity contribution in [3.05, 3.63) is 54.5 Å². The minimum absolute atomic E-state index is 0.0920. The van der Waals surface area contributed by atoms with Gasteiger partial charge < -0.3 is 29.9 Å². The van der Waals surface area contributed by atoms with Crippen molar-refractivity contribution in [2.75, 3.05) is 19.5 Å². The number of rotatable bonds is 9. The van der Waals surface area contributed by atoms with E-state index >= 15 is 0 Å². The Morgan fingerprint density at radius 2 is 2.08 bits per heavy atom. The van der Waals surface area contributed by atoms with E-state index in [1.165, 1.54) is 49.1 Å². The van der Waals surface area contributed by atoms with Crippen molar-refractivity contribution in [2.24, 2.45) is 0 Å². The van der Waals surface area contributed by atoms with Gasteiger partial charge in [-0.25, -0.2) is 14.1 Å². The first kappa shape index (κ1) is 26.5. The number of nitrogens with zero attached hydrogens (tertiary/aromatic N) is 4. The molecule has 6 atom stereocenters. The number of carbonyl (C=O) groups excluding carboxylic acids is 1. The predicted octanol–water partition coefficient (Wildman–Crippen LogP) is 0.506. The van der Waals surface area contributed by atoms with Crippen LogP contribution in [0.25, 0.3) is 5.52 Å². The van der Waals surface area contributed by atoms with Crippen molar-refractivity contribution < 1.29 is 38.1 Å². The van der Waals surface area contributed by atoms with Gasteiger partial charge >= 0.3 is 13.7 Å². The number of methoxy groups -OCH3 is 1. The van der Waals surface area contributed by atoms with E-state index in [9.17, 15) is 24.8 Å². The van der Waals surface area contributed by atoms with E-state index in [0.29, 0.717) is 5.52 Å². The van der Waals surface area contributed by atoms with Gasteiger partial charge in [0.2, 0.25) is 5.60 Å². The van der Waals surface area contributed by atoms with Crippen molar-refractivity contribution in [3.8, 4) is 11.8 Å². The highest BCUT2D eigenvalue weighted by Gasteiger charge is 2.58. The maximum absolute atomic E-state index is 13.6. The van der Waals surface area contributed by atoms with Crippen LogP contribution in [0.1, 0.15) is 12.6 Å². The van der Waals surface area contributed by atoms with E-state index in [-0.39, 0.29) is 17.3 Å². The molecule has 15 heteroatoms. The molecule has 0 aliphatic carbocycles. The van der Waals surface area contributed by atoms with Crippen molar-refractivity contribution in [2.45, 2.75) is 36.9 Å². The van der Waals surface area contributed by atoms with Gasteiger partial charge in [0, 0.05) is 0 Å². The number of hydrogen-bond donors (Lipinski definition) is 4. The van der Waals surface area contributed by atoms with Gasteiger partial charge in [0.1, 0.15) is 48.0 Å². The first-order chi connectivity index (χ1) is 17.6. The average Bonchev–Trinajstić information content (AvgIpc) is 3.43. The van der Waals surface area contributed by atoms with Crippen LogP contribution < -0.4 is 15.3 Å². The maximum atomic E-state index is 13.6. The molecule has 4 rings (SSSR count). The number of fused-ring (bicyclic) bond motifs is 1. The summed E-state index contributed by atoms with van der Waals surface area (Å²) in [5.74, 6) is -0.420. The Bertz CT molecular complexity index is 1360. The number of benzene rings is 1. The Labute approximate surface area is 211 Å². The number of hydrogen-bond acceptors (Lipinski definition) is 12. The van der Waals surface area contributed by atoms with Crippen molar-refractivity contribution in [3.63, 3.8) is 0 Å². The highest BCUT2D eigenvalue weighted by atomic mass is 31.2. The highest BCUT2D eigenvalue weighted by molar-refractivity contribution is 7.52. The largest absolute Gasteiger partial charge is 0.468 e. The minimum atomic E-state index is -4.27. The number of nitrogens with two attached hydrogens (primary N) is 1. The fourth-order valence-corrected chi connectivity index (χ4v) is 5.40. The zero-order chi connectivity index (χ0) is 26.8. The summed E-state index contributed by atoms with van der Waals surface area (Å²) in [6, 6.07) is 11.9. The molecule has 0 radical (unpaired) electrons. The number of esters is 1. The van der Waals surface area contributed by atoms with Crippen LogP contribution in [-0.2, 0) is 29.0 Å². The molecular formula is C22H25N6O8P. The van der Waals surface area contributed by atoms with Crippen LogP contribution >= 0.6 is 7.75 Å². The van der Waals surface area contributed by atoms with Crippen LogP contribution in [0, 0.1) is 11.3 Å². The van der Waals surface area contributed by atoms with Crippen molar-refractivity contribution in [1.82, 2.24) is 19.7 Å². The Morgan fingerprint density at radius 3 is 2.76 bits per heavy atom. The summed E-state index contributed by atoms with van der Waals surface area (Å²) in [5.41, 5.74) is 4.24. The number of carbonyl (C=O) groups is 1. The quantitative estimate of drug-likeness (QED) is 0.219. The van der Waals surface area contributed by atoms with Gasteiger partial charge in [-0.15, -0.1) is 0 Å². The molecule has 1 aliphatic rings. The molecule has 0 bridgehead atoms. The minimum Gasteiger partial charge on any atom is -0.468 e. The van der Waals surface area contributed by atoms with Crippen LogP contribution in [0.2, 0.25) is 0 Å². The van der Waals surface area contributed by atoms with Gasteiger partial charge in [-0.05, 0) is 31.2 Å². The van der Waals surface area contributed by atoms with Crippen molar-refractivity contribution >= 4 is 25.1 Å². The number of nitrogens with one attached hydrogen (secondary N) is 1. The molecule has 1 saturated heterocycles. The molecule has 3 unspecified atom stereocenters. The van der Waals surface area contributed by atoms with Crippen LogP contribution in [0.3, 0.4) is 0 Å². The lowest BCUT2D eigenvalue weighted by atomic mass is 9.92. The topological polar surface area (TPSA) is 204 Å². The van der Waals surface area contributed by atoms with E-state index < -0.39 is 50.3 Å². The zero-order valence-electron chi connectivity index (χ0n) is 19.8. The van der Waals surface area contributed by atoms with Crippen LogP contribution in [-0.4, -0.2) is 68.9 Å². The standard InChI is InChI=1S/C22H25N6O8P/c1-13(21(31)33-2)27-37(32,36-14-6-4-3-5-7-14)34-10-16-18(29)19(30)22(11-23,35-16)17-9-8-15-20(24)25-12-26-28(15)17/h3-9,12-13,16,18-19,29-30H,10H2,1-2H3,(H,27,32)(H2,24,25,26)/t13-,16?,18?,19+,22-,37?/m0/s1. The summed E-state index contributed by atoms with van der Waals surface area (Å²) in [4.78, 5) is 15.8. The highest BCUT2D eigenvalue weighted by Crippen LogP contribution is 2.47. The summed E-state index contributed by atoms with van der Waals surface area (Å²) in [5, 5.41) is 38.2. The summed E-state index contributed by atoms with van der Waals surface area (Å²) in [7, 11) is -3.10. The van der Waals surface area contributed by atoms with Crippen LogP contribution in [0.5, 0.6) is 5.75 Å². The Hall–Kier alpha value is -3.57. The summed E-state index contributed by atoms with van der Waals surface area (Å²) in [6.45, 7) is 0.806. The molecule has 2 aromatic heterocycles. The van der Waals surface area contributed by atoms with Crippen molar-refractivity contribution in [1.29, 1.82) is 5.26 Å². The Morgan fingerprint density at radius 1 is 1.35 bits per heavy atom. The third-order valence-electron chi connectivity index (χ3n) is 5.77. The molecule has 14 nitrogen and oxygen atoms in total. The summed E-state index contributed by atoms with van der Waals surface area (Å²) >= 11 is 0. The SMILES string of the molecule is COC(=O)[C@H](C)NP(=O)(OCC1O[C@@](C#N)(c2ccc3c(N)ncnn23)[C@H](O)C1O)Oc1ccccc1. The number of nitriles is 1. The van der Waals surface area contributed by atoms with Crippen LogP contribution in [0.4, 0.5) is 5.82 Å². The van der Waals surface area contributed by atoms with E-state index in [1.54, 1.807) is 18.2 Å². The number of ether oxygens (including phenoxy) is 2. The Kier molecular flexibility index (Phi) is 7.47. The molecule has 196 valence electrons. The van der Waals surface area contributed by atoms with Gasteiger partial charge in [-0.3, -0.25) is 9.32 Å². The molecule has 0 amide bonds. The van der Waals surface area contributed by atoms with E-state index in [0.717, 1.165) is 0 Å². The zero-order valence-corrected chi connectivity index (χ0v) is 20.7. The second-order valence-corrected chi connectivity index (χ2v) is 9.87. The molecule has 0 spiro atoms. The lowest BCUT2D eigenvalue weighted by molar-refractivity contribution is -0.142. The molecule has 1 aliphatic heterocycles. The monoisotopic (exact) mass is 532 g/mol. The summed E-state index contributed by atoms with van der Waals surface area (Å²) in [6.07, 6.45) is -3.53. The van der Waals surface area contributed by atoms with Gasteiger partial charge in [-0.2, -0.15) is 15.4 Å². The molecule has 0 saturated carbocycles. The number of nitrogen functional groups attached to an aromatic ring is 1. The smallest absolute Gasteiger partial charge is 0.459 e. The van der Waals surface area contributed by atoms with Gasteiger partial charge in [0.05, 0.1) is 19.4 Å². The average molecular weight is 532 g/mol. The first-order valence-electron chi connectivity index (χ1n) is 11.0. The van der Waals surface area contributed by atoms with E-state index in [1.807, 2.05) is 6.07 Å². The van der Waals surface area contributed by atoms with Gasteiger partial charge in [0.15, 0.2) is 5.82 Å². The molecule has 3 aromatic rings.